The molecule has 13 heteroatoms. The maximum atomic E-state index is 13.5. The van der Waals surface area contributed by atoms with Gasteiger partial charge in [-0.1, -0.05) is 41.7 Å². The number of nitrogens with one attached hydrogen (secondary N) is 2. The van der Waals surface area contributed by atoms with Crippen molar-refractivity contribution in [3.05, 3.63) is 64.2 Å². The van der Waals surface area contributed by atoms with E-state index >= 15 is 0 Å². The van der Waals surface area contributed by atoms with Crippen molar-refractivity contribution >= 4 is 28.5 Å². The molecule has 0 bridgehead atoms. The summed E-state index contributed by atoms with van der Waals surface area (Å²) >= 11 is 1.24. The average Bonchev–Trinajstić information content (AvgIpc) is 3.60. The summed E-state index contributed by atoms with van der Waals surface area (Å²) in [4.78, 5) is 27.2. The average molecular weight is 618 g/mol. The Morgan fingerprint density at radius 3 is 2.47 bits per heavy atom. The molecule has 2 N–H and O–H groups in total. The smallest absolute Gasteiger partial charge is 0.416 e. The summed E-state index contributed by atoms with van der Waals surface area (Å²) in [6.45, 7) is 10.2. The Hall–Kier alpha value is -3.71. The van der Waals surface area contributed by atoms with Crippen LogP contribution in [0.4, 0.5) is 23.1 Å². The van der Waals surface area contributed by atoms with E-state index in [9.17, 15) is 22.8 Å². The third-order valence-electron chi connectivity index (χ3n) is 7.45. The Bertz CT molecular complexity index is 1470. The fraction of sp³-hybridized carbons (Fsp3) is 0.467. The number of alkyl carbamates (subject to hydrolysis) is 1. The number of rotatable bonds is 7. The maximum absolute atomic E-state index is 13.5. The highest BCUT2D eigenvalue weighted by atomic mass is 32.1. The van der Waals surface area contributed by atoms with Gasteiger partial charge in [0.15, 0.2) is 0 Å². The number of benzene rings is 2. The zero-order valence-electron chi connectivity index (χ0n) is 24.4. The van der Waals surface area contributed by atoms with Gasteiger partial charge in [0.2, 0.25) is 10.1 Å². The highest BCUT2D eigenvalue weighted by Gasteiger charge is 2.47. The quantitative estimate of drug-likeness (QED) is 0.337. The Labute approximate surface area is 251 Å². The van der Waals surface area contributed by atoms with E-state index < -0.39 is 29.5 Å². The minimum absolute atomic E-state index is 0.0212. The van der Waals surface area contributed by atoms with E-state index in [1.54, 1.807) is 45.0 Å². The van der Waals surface area contributed by atoms with Gasteiger partial charge in [-0.05, 0) is 68.5 Å². The van der Waals surface area contributed by atoms with Crippen molar-refractivity contribution in [2.75, 3.05) is 31.2 Å². The SMILES string of the molecule is C[C@@H](NC(=O)c1nnc(N2CC3(CCOC3)C2)s1)c1ccc(-c2cc(C(F)(F)F)ccc2CNC(=O)OC(C)(C)C)cc1. The number of ether oxygens (including phenoxy) is 2. The van der Waals surface area contributed by atoms with Crippen molar-refractivity contribution in [3.8, 4) is 11.1 Å². The summed E-state index contributed by atoms with van der Waals surface area (Å²) in [6, 6.07) is 9.90. The van der Waals surface area contributed by atoms with Gasteiger partial charge >= 0.3 is 12.3 Å². The summed E-state index contributed by atoms with van der Waals surface area (Å²) in [5, 5.41) is 14.8. The number of alkyl halides is 3. The molecule has 0 aliphatic carbocycles. The molecule has 3 aromatic rings. The molecule has 2 aliphatic heterocycles. The van der Waals surface area contributed by atoms with Crippen LogP contribution >= 0.6 is 11.3 Å². The predicted molar refractivity (Wildman–Crippen MR) is 156 cm³/mol. The van der Waals surface area contributed by atoms with Crippen molar-refractivity contribution in [1.82, 2.24) is 20.8 Å². The number of halogens is 3. The van der Waals surface area contributed by atoms with Gasteiger partial charge in [-0.2, -0.15) is 13.2 Å². The molecule has 1 spiro atoms. The minimum Gasteiger partial charge on any atom is -0.444 e. The van der Waals surface area contributed by atoms with Crippen LogP contribution in [0.3, 0.4) is 0 Å². The van der Waals surface area contributed by atoms with E-state index in [1.807, 2.05) is 6.92 Å². The number of hydrogen-bond acceptors (Lipinski definition) is 8. The fourth-order valence-electron chi connectivity index (χ4n) is 5.18. The summed E-state index contributed by atoms with van der Waals surface area (Å²) < 4.78 is 51.4. The second-order valence-electron chi connectivity index (χ2n) is 12.1. The zero-order chi connectivity index (χ0) is 31.0. The minimum atomic E-state index is -4.53. The highest BCUT2D eigenvalue weighted by molar-refractivity contribution is 7.17. The second kappa shape index (κ2) is 11.8. The van der Waals surface area contributed by atoms with Crippen molar-refractivity contribution in [3.63, 3.8) is 0 Å². The molecule has 5 rings (SSSR count). The van der Waals surface area contributed by atoms with Gasteiger partial charge in [-0.25, -0.2) is 4.79 Å². The molecule has 9 nitrogen and oxygen atoms in total. The van der Waals surface area contributed by atoms with Crippen LogP contribution in [-0.4, -0.2) is 54.1 Å². The van der Waals surface area contributed by atoms with E-state index in [1.165, 1.54) is 17.4 Å². The van der Waals surface area contributed by atoms with E-state index in [0.717, 1.165) is 50.4 Å². The van der Waals surface area contributed by atoms with Gasteiger partial charge in [0.1, 0.15) is 5.60 Å². The normalized spacial score (nSPS) is 17.0. The Morgan fingerprint density at radius 2 is 1.84 bits per heavy atom. The van der Waals surface area contributed by atoms with Crippen LogP contribution < -0.4 is 15.5 Å². The van der Waals surface area contributed by atoms with Crippen LogP contribution in [-0.2, 0) is 22.2 Å². The van der Waals surface area contributed by atoms with Crippen molar-refractivity contribution in [2.24, 2.45) is 5.41 Å². The predicted octanol–water partition coefficient (Wildman–Crippen LogP) is 5.97. The molecule has 1 atom stereocenters. The van der Waals surface area contributed by atoms with Gasteiger partial charge in [0.05, 0.1) is 18.2 Å². The summed E-state index contributed by atoms with van der Waals surface area (Å²) in [5.74, 6) is -0.354. The molecule has 2 fully saturated rings. The van der Waals surface area contributed by atoms with Crippen LogP contribution in [0.2, 0.25) is 0 Å². The van der Waals surface area contributed by atoms with Crippen LogP contribution in [0.5, 0.6) is 0 Å². The molecule has 3 heterocycles. The van der Waals surface area contributed by atoms with Gasteiger partial charge in [0.25, 0.3) is 5.91 Å². The lowest BCUT2D eigenvalue weighted by atomic mass is 9.80. The van der Waals surface area contributed by atoms with Gasteiger partial charge in [-0.15, -0.1) is 10.2 Å². The van der Waals surface area contributed by atoms with Crippen LogP contribution in [0.25, 0.3) is 11.1 Å². The van der Waals surface area contributed by atoms with E-state index in [2.05, 4.69) is 25.7 Å². The number of nitrogens with zero attached hydrogens (tertiary/aromatic N) is 3. The van der Waals surface area contributed by atoms with Crippen LogP contribution in [0, 0.1) is 5.41 Å². The molecule has 2 aromatic carbocycles. The molecule has 2 aliphatic rings. The van der Waals surface area contributed by atoms with Crippen LogP contribution in [0.15, 0.2) is 42.5 Å². The molecule has 1 aromatic heterocycles. The molecule has 0 radical (unpaired) electrons. The molecule has 43 heavy (non-hydrogen) atoms. The molecule has 0 unspecified atom stereocenters. The van der Waals surface area contributed by atoms with Crippen LogP contribution in [0.1, 0.15) is 66.7 Å². The lowest BCUT2D eigenvalue weighted by Gasteiger charge is -2.46. The first kappa shape index (κ1) is 30.7. The molecule has 0 saturated carbocycles. The first-order valence-electron chi connectivity index (χ1n) is 14.0. The molecular weight excluding hydrogens is 583 g/mol. The summed E-state index contributed by atoms with van der Waals surface area (Å²) in [6.07, 6.45) is -4.17. The lowest BCUT2D eigenvalue weighted by Crippen LogP contribution is -2.57. The summed E-state index contributed by atoms with van der Waals surface area (Å²) in [5.41, 5.74) is 0.793. The molecule has 230 valence electrons. The Balaban J connectivity index is 1.25. The number of amides is 2. The molecule has 2 saturated heterocycles. The zero-order valence-corrected chi connectivity index (χ0v) is 25.2. The van der Waals surface area contributed by atoms with Crippen molar-refractivity contribution in [1.29, 1.82) is 0 Å². The van der Waals surface area contributed by atoms with E-state index in [0.29, 0.717) is 21.8 Å². The Morgan fingerprint density at radius 1 is 1.12 bits per heavy atom. The molecular formula is C30H34F3N5O4S. The lowest BCUT2D eigenvalue weighted by molar-refractivity contribution is -0.137. The standard InChI is InChI=1S/C30H34F3N5O4S/c1-18(35-24(39)25-36-37-26(43-25)38-15-29(16-38)11-12-41-17-29)19-5-7-20(8-6-19)23-13-22(30(31,32)33)10-9-21(23)14-34-27(40)42-28(2,3)4/h5-10,13,18H,11-12,14-17H2,1-4H3,(H,34,40)(H,35,39)/t18-/m1/s1. The second-order valence-corrected chi connectivity index (χ2v) is 13.0. The van der Waals surface area contributed by atoms with Gasteiger partial charge in [-0.3, -0.25) is 4.79 Å². The monoisotopic (exact) mass is 617 g/mol. The number of anilines is 1. The van der Waals surface area contributed by atoms with Gasteiger partial charge in [0, 0.05) is 31.7 Å². The van der Waals surface area contributed by atoms with E-state index in [4.69, 9.17) is 9.47 Å². The number of carbonyl (C=O) groups is 2. The fourth-order valence-corrected chi connectivity index (χ4v) is 5.93. The van der Waals surface area contributed by atoms with Crippen molar-refractivity contribution < 1.29 is 32.2 Å². The number of aromatic nitrogens is 2. The third-order valence-corrected chi connectivity index (χ3v) is 8.43. The summed E-state index contributed by atoms with van der Waals surface area (Å²) in [7, 11) is 0. The first-order chi connectivity index (χ1) is 20.2. The first-order valence-corrected chi connectivity index (χ1v) is 14.8. The number of carbonyl (C=O) groups excluding carboxylic acids is 2. The Kier molecular flexibility index (Phi) is 8.41. The maximum Gasteiger partial charge on any atom is 0.416 e. The molecule has 2 amide bonds. The van der Waals surface area contributed by atoms with E-state index in [-0.39, 0.29) is 22.9 Å². The topological polar surface area (TPSA) is 106 Å². The number of hydrogen-bond donors (Lipinski definition) is 2. The van der Waals surface area contributed by atoms with Crippen molar-refractivity contribution in [2.45, 2.75) is 58.5 Å². The highest BCUT2D eigenvalue weighted by Crippen LogP contribution is 2.41. The van der Waals surface area contributed by atoms with Gasteiger partial charge < -0.3 is 25.0 Å². The third kappa shape index (κ3) is 7.27. The largest absolute Gasteiger partial charge is 0.444 e.